The van der Waals surface area contributed by atoms with Crippen LogP contribution in [0.5, 0.6) is 0 Å². The van der Waals surface area contributed by atoms with Gasteiger partial charge in [0.2, 0.25) is 0 Å². The molecule has 0 atom stereocenters. The first-order valence-electron chi connectivity index (χ1n) is 9.86. The number of fused-ring (bicyclic) bond motifs is 3. The fraction of sp³-hybridized carbons (Fsp3) is 0.217. The lowest BCUT2D eigenvalue weighted by atomic mass is 9.86. The second-order valence-corrected chi connectivity index (χ2v) is 9.49. The third kappa shape index (κ3) is 3.81. The average Bonchev–Trinajstić information content (AvgIpc) is 3.09. The van der Waals surface area contributed by atoms with Gasteiger partial charge in [-0.3, -0.25) is 9.55 Å². The van der Waals surface area contributed by atoms with E-state index in [0.717, 1.165) is 20.9 Å². The number of rotatable bonds is 4. The first kappa shape index (κ1) is 22.5. The molecule has 0 saturated carbocycles. The molecule has 0 fully saturated rings. The van der Waals surface area contributed by atoms with E-state index in [0.29, 0.717) is 29.1 Å². The Hall–Kier alpha value is -2.73. The van der Waals surface area contributed by atoms with Gasteiger partial charge in [0.05, 0.1) is 39.9 Å². The topological polar surface area (TPSA) is 75.6 Å². The Morgan fingerprint density at radius 3 is 2.66 bits per heavy atom. The number of nitriles is 1. The van der Waals surface area contributed by atoms with E-state index in [-0.39, 0.29) is 10.8 Å². The van der Waals surface area contributed by atoms with Crippen molar-refractivity contribution in [3.8, 4) is 11.8 Å². The standard InChI is InChI=1S/C23H19BrClN5OS/c1-23(2,13-26)14-3-6-16(7-4-14)29-20-17-11-15(24)5-8-18(17)28-12-19(20)30(22(29)31)21(32)27-10-9-25/h3-8,11-12H,9-10H2,1-2H3,(H,27,32). The number of benzene rings is 2. The molecule has 6 nitrogen and oxygen atoms in total. The van der Waals surface area contributed by atoms with Gasteiger partial charge >= 0.3 is 5.69 Å². The molecule has 0 aliphatic rings. The van der Waals surface area contributed by atoms with Gasteiger partial charge in [-0.05, 0) is 62.0 Å². The number of nitrogens with one attached hydrogen (secondary N) is 1. The van der Waals surface area contributed by atoms with Crippen molar-refractivity contribution < 1.29 is 0 Å². The zero-order valence-corrected chi connectivity index (χ0v) is 20.6. The van der Waals surface area contributed by atoms with Gasteiger partial charge in [-0.1, -0.05) is 28.1 Å². The van der Waals surface area contributed by atoms with Crippen LogP contribution in [0.2, 0.25) is 0 Å². The van der Waals surface area contributed by atoms with E-state index in [1.165, 1.54) is 4.57 Å². The van der Waals surface area contributed by atoms with Crippen LogP contribution in [0.3, 0.4) is 0 Å². The highest BCUT2D eigenvalue weighted by Crippen LogP contribution is 2.29. The van der Waals surface area contributed by atoms with Crippen molar-refractivity contribution >= 4 is 66.8 Å². The second-order valence-electron chi connectivity index (χ2n) is 7.81. The number of hydrogen-bond acceptors (Lipinski definition) is 4. The van der Waals surface area contributed by atoms with Gasteiger partial charge in [-0.15, -0.1) is 11.6 Å². The van der Waals surface area contributed by atoms with Crippen molar-refractivity contribution in [2.24, 2.45) is 0 Å². The third-order valence-corrected chi connectivity index (χ3v) is 6.34. The number of thiocarbonyl (C=S) groups is 1. The quantitative estimate of drug-likeness (QED) is 0.302. The first-order chi connectivity index (χ1) is 15.3. The molecule has 0 aliphatic heterocycles. The molecule has 32 heavy (non-hydrogen) atoms. The van der Waals surface area contributed by atoms with Crippen LogP contribution in [0.1, 0.15) is 19.4 Å². The minimum Gasteiger partial charge on any atom is -0.361 e. The Labute approximate surface area is 203 Å². The zero-order valence-electron chi connectivity index (χ0n) is 17.4. The van der Waals surface area contributed by atoms with Crippen LogP contribution in [0.15, 0.2) is 57.9 Å². The summed E-state index contributed by atoms with van der Waals surface area (Å²) in [6.07, 6.45) is 1.66. The van der Waals surface area contributed by atoms with Gasteiger partial charge in [0.1, 0.15) is 0 Å². The largest absolute Gasteiger partial charge is 0.361 e. The van der Waals surface area contributed by atoms with Crippen molar-refractivity contribution in [3.05, 3.63) is 69.2 Å². The van der Waals surface area contributed by atoms with E-state index in [1.807, 2.05) is 56.3 Å². The molecule has 0 radical (unpaired) electrons. The number of nitrogens with zero attached hydrogens (tertiary/aromatic N) is 4. The fourth-order valence-corrected chi connectivity index (χ4v) is 4.33. The first-order valence-corrected chi connectivity index (χ1v) is 11.6. The van der Waals surface area contributed by atoms with Crippen LogP contribution in [0, 0.1) is 11.3 Å². The molecule has 2 aromatic heterocycles. The summed E-state index contributed by atoms with van der Waals surface area (Å²) in [6.45, 7) is 4.15. The number of halogens is 2. The molecular formula is C23H19BrClN5OS. The van der Waals surface area contributed by atoms with E-state index in [4.69, 9.17) is 23.8 Å². The summed E-state index contributed by atoms with van der Waals surface area (Å²) in [5, 5.41) is 13.5. The number of alkyl halides is 1. The van der Waals surface area contributed by atoms with E-state index < -0.39 is 5.41 Å². The maximum absolute atomic E-state index is 13.6. The third-order valence-electron chi connectivity index (χ3n) is 5.33. The summed E-state index contributed by atoms with van der Waals surface area (Å²) in [5.41, 5.74) is 2.64. The Kier molecular flexibility index (Phi) is 6.08. The highest BCUT2D eigenvalue weighted by atomic mass is 79.9. The number of aromatic nitrogens is 3. The monoisotopic (exact) mass is 527 g/mol. The van der Waals surface area contributed by atoms with Crippen molar-refractivity contribution in [3.63, 3.8) is 0 Å². The number of imidazole rings is 1. The van der Waals surface area contributed by atoms with Crippen molar-refractivity contribution in [1.82, 2.24) is 19.4 Å². The molecule has 9 heteroatoms. The van der Waals surface area contributed by atoms with Crippen LogP contribution < -0.4 is 11.0 Å². The lowest BCUT2D eigenvalue weighted by Gasteiger charge is -2.16. The van der Waals surface area contributed by atoms with Gasteiger partial charge in [-0.25, -0.2) is 9.36 Å². The minimum absolute atomic E-state index is 0.262. The van der Waals surface area contributed by atoms with Gasteiger partial charge in [0.15, 0.2) is 5.11 Å². The lowest BCUT2D eigenvalue weighted by Crippen LogP contribution is -2.37. The summed E-state index contributed by atoms with van der Waals surface area (Å²) < 4.78 is 3.95. The number of pyridine rings is 1. The molecule has 0 unspecified atom stereocenters. The van der Waals surface area contributed by atoms with Gasteiger partial charge < -0.3 is 5.32 Å². The highest BCUT2D eigenvalue weighted by molar-refractivity contribution is 9.10. The molecule has 4 rings (SSSR count). The molecule has 2 heterocycles. The van der Waals surface area contributed by atoms with Crippen LogP contribution in [-0.4, -0.2) is 31.7 Å². The Balaban J connectivity index is 2.04. The van der Waals surface area contributed by atoms with Crippen molar-refractivity contribution in [1.29, 1.82) is 5.26 Å². The summed E-state index contributed by atoms with van der Waals surface area (Å²) in [4.78, 5) is 18.2. The molecule has 4 aromatic rings. The predicted octanol–water partition coefficient (Wildman–Crippen LogP) is 4.87. The van der Waals surface area contributed by atoms with E-state index in [9.17, 15) is 10.1 Å². The summed E-state index contributed by atoms with van der Waals surface area (Å²) in [7, 11) is 0. The van der Waals surface area contributed by atoms with Gasteiger partial charge in [-0.2, -0.15) is 5.26 Å². The molecule has 1 N–H and O–H groups in total. The number of hydrogen-bond donors (Lipinski definition) is 1. The molecule has 162 valence electrons. The molecule has 0 aliphatic carbocycles. The minimum atomic E-state index is -0.633. The van der Waals surface area contributed by atoms with Crippen LogP contribution in [0.4, 0.5) is 0 Å². The van der Waals surface area contributed by atoms with Crippen LogP contribution in [0.25, 0.3) is 27.6 Å². The molecular weight excluding hydrogens is 510 g/mol. The van der Waals surface area contributed by atoms with Gasteiger partial charge in [0.25, 0.3) is 0 Å². The predicted molar refractivity (Wildman–Crippen MR) is 136 cm³/mol. The SMILES string of the molecule is CC(C)(C#N)c1ccc(-n2c(=O)n(C(=S)NCCCl)c3cnc4ccc(Br)cc4c32)cc1. The smallest absolute Gasteiger partial charge is 0.340 e. The molecule has 2 aromatic carbocycles. The Morgan fingerprint density at radius 2 is 2.00 bits per heavy atom. The van der Waals surface area contributed by atoms with Crippen molar-refractivity contribution in [2.45, 2.75) is 19.3 Å². The lowest BCUT2D eigenvalue weighted by molar-refractivity contribution is 0.686. The maximum atomic E-state index is 13.6. The zero-order chi connectivity index (χ0) is 23.0. The normalized spacial score (nSPS) is 11.6. The molecule has 0 saturated heterocycles. The van der Waals surface area contributed by atoms with Crippen LogP contribution >= 0.6 is 39.7 Å². The highest BCUT2D eigenvalue weighted by Gasteiger charge is 2.22. The molecule has 0 bridgehead atoms. The Bertz CT molecular complexity index is 1450. The summed E-state index contributed by atoms with van der Waals surface area (Å²) in [5.74, 6) is 0.359. The van der Waals surface area contributed by atoms with E-state index in [2.05, 4.69) is 32.3 Å². The molecule has 0 spiro atoms. The summed E-state index contributed by atoms with van der Waals surface area (Å²) >= 11 is 14.8. The maximum Gasteiger partial charge on any atom is 0.340 e. The van der Waals surface area contributed by atoms with E-state index >= 15 is 0 Å². The summed E-state index contributed by atoms with van der Waals surface area (Å²) in [6, 6.07) is 15.5. The fourth-order valence-electron chi connectivity index (χ4n) is 3.60. The second kappa shape index (κ2) is 8.66. The average molecular weight is 529 g/mol. The molecule has 0 amide bonds. The Morgan fingerprint density at radius 1 is 1.28 bits per heavy atom. The van der Waals surface area contributed by atoms with Crippen LogP contribution in [-0.2, 0) is 5.41 Å². The van der Waals surface area contributed by atoms with Gasteiger partial charge in [0, 0.05) is 22.3 Å². The van der Waals surface area contributed by atoms with E-state index in [1.54, 1.807) is 10.8 Å². The van der Waals surface area contributed by atoms with Crippen molar-refractivity contribution in [2.75, 3.05) is 12.4 Å².